The van der Waals surface area contributed by atoms with Crippen LogP contribution in [0.25, 0.3) is 0 Å². The third-order valence-corrected chi connectivity index (χ3v) is 9.14. The quantitative estimate of drug-likeness (QED) is 0.310. The fraction of sp³-hybridized carbons (Fsp3) is 0.385. The number of carbonyl (C=O) groups is 4. The SMILES string of the molecule is CC1C(=O)N(c2ccccc2SCCSc2ccccc2N2C(=O)C(C)C(C)C2=O)C(=O)C1C. The first-order valence-electron chi connectivity index (χ1n) is 11.4. The summed E-state index contributed by atoms with van der Waals surface area (Å²) in [6.07, 6.45) is 0. The smallest absolute Gasteiger partial charge is 0.237 e. The van der Waals surface area contributed by atoms with Crippen LogP contribution in [-0.2, 0) is 19.2 Å². The van der Waals surface area contributed by atoms with Crippen LogP contribution < -0.4 is 9.80 Å². The highest BCUT2D eigenvalue weighted by molar-refractivity contribution is 8.03. The number of hydrogen-bond donors (Lipinski definition) is 0. The van der Waals surface area contributed by atoms with Crippen molar-refractivity contribution in [3.63, 3.8) is 0 Å². The maximum Gasteiger partial charge on any atom is 0.237 e. The summed E-state index contributed by atoms with van der Waals surface area (Å²) in [4.78, 5) is 55.2. The highest BCUT2D eigenvalue weighted by Crippen LogP contribution is 2.39. The van der Waals surface area contributed by atoms with Crippen molar-refractivity contribution in [2.75, 3.05) is 21.3 Å². The number of thioether (sulfide) groups is 2. The van der Waals surface area contributed by atoms with Crippen LogP contribution in [0.2, 0.25) is 0 Å². The molecule has 2 aliphatic rings. The van der Waals surface area contributed by atoms with Gasteiger partial charge < -0.3 is 0 Å². The molecule has 2 fully saturated rings. The van der Waals surface area contributed by atoms with E-state index in [-0.39, 0.29) is 47.3 Å². The van der Waals surface area contributed by atoms with E-state index in [2.05, 4.69) is 0 Å². The Morgan fingerprint density at radius 3 is 1.18 bits per heavy atom. The third kappa shape index (κ3) is 4.29. The lowest BCUT2D eigenvalue weighted by molar-refractivity contribution is -0.124. The van der Waals surface area contributed by atoms with E-state index < -0.39 is 0 Å². The number of nitrogens with zero attached hydrogens (tertiary/aromatic N) is 2. The molecule has 6 nitrogen and oxygen atoms in total. The maximum atomic E-state index is 12.7. The van der Waals surface area contributed by atoms with Gasteiger partial charge in [0.2, 0.25) is 23.6 Å². The molecular weight excluding hydrogens is 468 g/mol. The molecule has 4 amide bonds. The Balaban J connectivity index is 1.45. The Morgan fingerprint density at radius 2 is 0.853 bits per heavy atom. The molecule has 34 heavy (non-hydrogen) atoms. The van der Waals surface area contributed by atoms with Crippen LogP contribution in [0, 0.1) is 23.7 Å². The summed E-state index contributed by atoms with van der Waals surface area (Å²) in [6, 6.07) is 15.0. The summed E-state index contributed by atoms with van der Waals surface area (Å²) in [7, 11) is 0. The van der Waals surface area contributed by atoms with Crippen molar-refractivity contribution in [2.24, 2.45) is 23.7 Å². The molecule has 0 spiro atoms. The molecule has 4 atom stereocenters. The van der Waals surface area contributed by atoms with Crippen molar-refractivity contribution in [3.8, 4) is 0 Å². The highest BCUT2D eigenvalue weighted by Gasteiger charge is 2.44. The Kier molecular flexibility index (Phi) is 7.19. The summed E-state index contributed by atoms with van der Waals surface area (Å²) in [5.41, 5.74) is 1.28. The number of amides is 4. The van der Waals surface area contributed by atoms with Gasteiger partial charge in [-0.1, -0.05) is 52.0 Å². The monoisotopic (exact) mass is 496 g/mol. The number of para-hydroxylation sites is 2. The van der Waals surface area contributed by atoms with Gasteiger partial charge in [-0.2, -0.15) is 0 Å². The summed E-state index contributed by atoms with van der Waals surface area (Å²) in [6.45, 7) is 7.19. The zero-order chi connectivity index (χ0) is 24.6. The van der Waals surface area contributed by atoms with Crippen LogP contribution in [0.15, 0.2) is 58.3 Å². The topological polar surface area (TPSA) is 74.8 Å². The van der Waals surface area contributed by atoms with Gasteiger partial charge in [0.05, 0.1) is 11.4 Å². The lowest BCUT2D eigenvalue weighted by Crippen LogP contribution is -2.31. The molecule has 2 aromatic carbocycles. The normalized spacial score (nSPS) is 25.1. The third-order valence-electron chi connectivity index (χ3n) is 6.75. The molecule has 2 aromatic rings. The summed E-state index contributed by atoms with van der Waals surface area (Å²) in [5.74, 6) is -0.446. The molecule has 0 bridgehead atoms. The largest absolute Gasteiger partial charge is 0.274 e. The zero-order valence-electron chi connectivity index (χ0n) is 19.7. The lowest BCUT2D eigenvalue weighted by atomic mass is 10.00. The Hall–Kier alpha value is -2.58. The van der Waals surface area contributed by atoms with Crippen LogP contribution in [0.3, 0.4) is 0 Å². The van der Waals surface area contributed by atoms with E-state index in [0.717, 1.165) is 21.3 Å². The molecular formula is C26H28N2O4S2. The first-order chi connectivity index (χ1) is 16.2. The van der Waals surface area contributed by atoms with Gasteiger partial charge in [0.1, 0.15) is 0 Å². The number of hydrogen-bond acceptors (Lipinski definition) is 6. The number of imide groups is 2. The molecule has 2 heterocycles. The molecule has 4 unspecified atom stereocenters. The summed E-state index contributed by atoms with van der Waals surface area (Å²) < 4.78 is 0. The van der Waals surface area contributed by atoms with Crippen molar-refractivity contribution in [3.05, 3.63) is 48.5 Å². The second-order valence-corrected chi connectivity index (χ2v) is 11.1. The number of benzene rings is 2. The molecule has 2 saturated heterocycles. The molecule has 178 valence electrons. The van der Waals surface area contributed by atoms with E-state index in [1.165, 1.54) is 9.80 Å². The van der Waals surface area contributed by atoms with Crippen molar-refractivity contribution < 1.29 is 19.2 Å². The first kappa shape index (κ1) is 24.5. The predicted molar refractivity (Wildman–Crippen MR) is 136 cm³/mol. The van der Waals surface area contributed by atoms with Crippen molar-refractivity contribution in [1.29, 1.82) is 0 Å². The maximum absolute atomic E-state index is 12.7. The highest BCUT2D eigenvalue weighted by atomic mass is 32.2. The number of rotatable bonds is 7. The van der Waals surface area contributed by atoms with Gasteiger partial charge in [-0.25, -0.2) is 9.80 Å². The fourth-order valence-electron chi connectivity index (χ4n) is 4.19. The second-order valence-electron chi connectivity index (χ2n) is 8.81. The molecule has 0 aromatic heterocycles. The first-order valence-corrected chi connectivity index (χ1v) is 13.4. The van der Waals surface area contributed by atoms with Crippen molar-refractivity contribution >= 4 is 58.5 Å². The fourth-order valence-corrected chi connectivity index (χ4v) is 6.26. The summed E-state index contributed by atoms with van der Waals surface area (Å²) >= 11 is 3.17. The van der Waals surface area contributed by atoms with E-state index in [1.807, 2.05) is 48.5 Å². The van der Waals surface area contributed by atoms with Gasteiger partial charge >= 0.3 is 0 Å². The van der Waals surface area contributed by atoms with Crippen LogP contribution >= 0.6 is 23.5 Å². The van der Waals surface area contributed by atoms with Crippen LogP contribution in [0.5, 0.6) is 0 Å². The minimum absolute atomic E-state index is 0.155. The Bertz CT molecular complexity index is 1020. The van der Waals surface area contributed by atoms with Gasteiger partial charge in [0, 0.05) is 45.0 Å². The van der Waals surface area contributed by atoms with Gasteiger partial charge in [-0.15, -0.1) is 23.5 Å². The van der Waals surface area contributed by atoms with E-state index in [4.69, 9.17) is 0 Å². The van der Waals surface area contributed by atoms with Gasteiger partial charge in [0.15, 0.2) is 0 Å². The van der Waals surface area contributed by atoms with E-state index in [1.54, 1.807) is 51.2 Å². The molecule has 0 N–H and O–H groups in total. The molecule has 2 aliphatic heterocycles. The summed E-state index contributed by atoms with van der Waals surface area (Å²) in [5, 5.41) is 0. The van der Waals surface area contributed by atoms with E-state index in [0.29, 0.717) is 11.4 Å². The molecule has 0 saturated carbocycles. The minimum atomic E-state index is -0.320. The van der Waals surface area contributed by atoms with E-state index in [9.17, 15) is 19.2 Å². The molecule has 8 heteroatoms. The Morgan fingerprint density at radius 1 is 0.559 bits per heavy atom. The van der Waals surface area contributed by atoms with Crippen molar-refractivity contribution in [2.45, 2.75) is 37.5 Å². The van der Waals surface area contributed by atoms with Crippen LogP contribution in [0.1, 0.15) is 27.7 Å². The van der Waals surface area contributed by atoms with Crippen molar-refractivity contribution in [1.82, 2.24) is 0 Å². The van der Waals surface area contributed by atoms with E-state index >= 15 is 0 Å². The zero-order valence-corrected chi connectivity index (χ0v) is 21.3. The molecule has 0 radical (unpaired) electrons. The van der Waals surface area contributed by atoms with Gasteiger partial charge in [-0.3, -0.25) is 19.2 Å². The lowest BCUT2D eigenvalue weighted by Gasteiger charge is -2.19. The predicted octanol–water partition coefficient (Wildman–Crippen LogP) is 4.86. The standard InChI is InChI=1S/C26H28N2O4S2/c1-15-16(2)24(30)27(23(15)29)19-9-5-7-11-21(19)33-13-14-34-22-12-8-6-10-20(22)28-25(31)17(3)18(4)26(28)32/h5-12,15-18H,13-14H2,1-4H3. The number of anilines is 2. The average molecular weight is 497 g/mol. The van der Waals surface area contributed by atoms with Gasteiger partial charge in [0.25, 0.3) is 0 Å². The number of carbonyl (C=O) groups excluding carboxylic acids is 4. The van der Waals surface area contributed by atoms with Gasteiger partial charge in [-0.05, 0) is 24.3 Å². The molecule has 4 rings (SSSR count). The van der Waals surface area contributed by atoms with Crippen LogP contribution in [-0.4, -0.2) is 35.1 Å². The Labute approximate surface area is 208 Å². The van der Waals surface area contributed by atoms with Crippen LogP contribution in [0.4, 0.5) is 11.4 Å². The minimum Gasteiger partial charge on any atom is -0.274 e. The molecule has 0 aliphatic carbocycles. The second kappa shape index (κ2) is 9.96. The average Bonchev–Trinajstić information content (AvgIpc) is 3.15.